The number of amidine groups is 1. The van der Waals surface area contributed by atoms with Crippen LogP contribution in [0.1, 0.15) is 0 Å². The molecule has 39 heavy (non-hydrogen) atoms. The summed E-state index contributed by atoms with van der Waals surface area (Å²) in [5.41, 5.74) is 4.80. The molecule has 0 unspecified atom stereocenters. The highest BCUT2D eigenvalue weighted by molar-refractivity contribution is 6.07. The van der Waals surface area contributed by atoms with Crippen LogP contribution in [-0.2, 0) is 11.8 Å². The smallest absolute Gasteiger partial charge is 0.214 e. The van der Waals surface area contributed by atoms with Crippen molar-refractivity contribution in [3.63, 3.8) is 0 Å². The minimum absolute atomic E-state index is 0.308. The Kier molecular flexibility index (Phi) is 8.53. The predicted octanol–water partition coefficient (Wildman–Crippen LogP) is 4.45. The van der Waals surface area contributed by atoms with E-state index in [1.54, 1.807) is 38.3 Å². The molecule has 0 aliphatic carbocycles. The summed E-state index contributed by atoms with van der Waals surface area (Å²) in [6.45, 7) is 3.99. The molecule has 4 rings (SSSR count). The first-order chi connectivity index (χ1) is 19.0. The summed E-state index contributed by atoms with van der Waals surface area (Å²) in [7, 11) is 8.23. The topological polar surface area (TPSA) is 99.3 Å². The molecule has 10 nitrogen and oxygen atoms in total. The minimum Gasteiger partial charge on any atom is -0.497 e. The molecule has 10 heteroatoms. The number of rotatable bonds is 7. The highest BCUT2D eigenvalue weighted by atomic mass is 16.5. The molecular formula is C29H29N7O3. The summed E-state index contributed by atoms with van der Waals surface area (Å²) in [4.78, 5) is 19.9. The van der Waals surface area contributed by atoms with Gasteiger partial charge in [-0.15, -0.1) is 0 Å². The number of fused-ring (bicyclic) bond motifs is 1. The van der Waals surface area contributed by atoms with Crippen molar-refractivity contribution in [1.29, 1.82) is 0 Å². The summed E-state index contributed by atoms with van der Waals surface area (Å²) in [5, 5.41) is 4.24. The highest BCUT2D eigenvalue weighted by Gasteiger charge is 2.14. The van der Waals surface area contributed by atoms with E-state index in [0.29, 0.717) is 29.8 Å². The van der Waals surface area contributed by atoms with Gasteiger partial charge in [0.15, 0.2) is 0 Å². The summed E-state index contributed by atoms with van der Waals surface area (Å²) in [6.07, 6.45) is 6.91. The quantitative estimate of drug-likeness (QED) is 0.200. The molecule has 0 amide bonds. The van der Waals surface area contributed by atoms with Crippen LogP contribution in [0.4, 0.5) is 11.4 Å². The molecular weight excluding hydrogens is 494 g/mol. The number of aliphatic imine (C=N–C) groups is 2. The Morgan fingerprint density at radius 3 is 2.44 bits per heavy atom. The lowest BCUT2D eigenvalue weighted by molar-refractivity contribution is 0.394. The minimum atomic E-state index is 0.308. The van der Waals surface area contributed by atoms with Gasteiger partial charge in [-0.25, -0.2) is 4.98 Å². The van der Waals surface area contributed by atoms with Crippen molar-refractivity contribution in [3.05, 3.63) is 67.6 Å². The zero-order valence-electron chi connectivity index (χ0n) is 22.5. The molecule has 2 aromatic heterocycles. The number of nitrogens with zero attached hydrogens (tertiary/aromatic N) is 7. The van der Waals surface area contributed by atoms with Crippen LogP contribution in [0.2, 0.25) is 0 Å². The van der Waals surface area contributed by atoms with Crippen molar-refractivity contribution in [2.75, 3.05) is 39.8 Å². The Hall–Kier alpha value is -5.17. The molecule has 0 atom stereocenters. The second-order valence-electron chi connectivity index (χ2n) is 8.20. The largest absolute Gasteiger partial charge is 0.497 e. The fourth-order valence-electron chi connectivity index (χ4n) is 3.75. The van der Waals surface area contributed by atoms with Crippen molar-refractivity contribution in [2.24, 2.45) is 17.0 Å². The van der Waals surface area contributed by atoms with E-state index in [2.05, 4.69) is 38.5 Å². The monoisotopic (exact) mass is 523 g/mol. The fraction of sp³-hybridized carbons (Fsp3) is 0.207. The molecule has 0 spiro atoms. The van der Waals surface area contributed by atoms with E-state index in [0.717, 1.165) is 33.7 Å². The Bertz CT molecular complexity index is 1590. The van der Waals surface area contributed by atoms with Crippen molar-refractivity contribution in [2.45, 2.75) is 0 Å². The number of hydrogen-bond donors (Lipinski definition) is 0. The van der Waals surface area contributed by atoms with Gasteiger partial charge in [0.2, 0.25) is 11.7 Å². The van der Waals surface area contributed by atoms with Crippen LogP contribution in [0.25, 0.3) is 22.3 Å². The number of ether oxygens (including phenoxy) is 3. The van der Waals surface area contributed by atoms with Gasteiger partial charge in [0, 0.05) is 55.4 Å². The van der Waals surface area contributed by atoms with Crippen LogP contribution >= 0.6 is 0 Å². The average molecular weight is 524 g/mol. The van der Waals surface area contributed by atoms with Gasteiger partial charge in [-0.1, -0.05) is 12.5 Å². The first-order valence-corrected chi connectivity index (χ1v) is 11.9. The molecule has 0 fully saturated rings. The van der Waals surface area contributed by atoms with Gasteiger partial charge in [0.05, 0.1) is 57.0 Å². The molecule has 198 valence electrons. The lowest BCUT2D eigenvalue weighted by Crippen LogP contribution is -2.18. The van der Waals surface area contributed by atoms with E-state index in [4.69, 9.17) is 19.2 Å². The standard InChI is InChI=1S/C29H29N7O3/c1-7-29(39-6)34-28(30-2)9-8-12-36(22-13-23(37-4)16-24(14-22)38-5)21-10-11-25-26(15-21)33-27(18-31-25)20-17-32-35(3)19-20/h7,10-11,13-19H,1,12H2,2-6H3. The molecule has 0 saturated heterocycles. The van der Waals surface area contributed by atoms with Crippen LogP contribution in [0, 0.1) is 11.8 Å². The lowest BCUT2D eigenvalue weighted by Gasteiger charge is -2.24. The van der Waals surface area contributed by atoms with Gasteiger partial charge in [0.25, 0.3) is 0 Å². The highest BCUT2D eigenvalue weighted by Crippen LogP contribution is 2.34. The third kappa shape index (κ3) is 6.40. The molecule has 0 saturated carbocycles. The molecule has 0 radical (unpaired) electrons. The third-order valence-electron chi connectivity index (χ3n) is 5.74. The Morgan fingerprint density at radius 2 is 1.82 bits per heavy atom. The van der Waals surface area contributed by atoms with Gasteiger partial charge in [-0.3, -0.25) is 14.7 Å². The summed E-state index contributed by atoms with van der Waals surface area (Å²) in [5.74, 6) is 8.13. The number of methoxy groups -OCH3 is 3. The van der Waals surface area contributed by atoms with Crippen molar-refractivity contribution in [1.82, 2.24) is 19.7 Å². The van der Waals surface area contributed by atoms with Crippen molar-refractivity contribution < 1.29 is 14.2 Å². The molecule has 0 aliphatic rings. The number of anilines is 2. The van der Waals surface area contributed by atoms with Gasteiger partial charge in [0.1, 0.15) is 11.5 Å². The summed E-state index contributed by atoms with van der Waals surface area (Å²) >= 11 is 0. The van der Waals surface area contributed by atoms with Crippen LogP contribution < -0.4 is 14.4 Å². The molecule has 2 heterocycles. The number of aromatic nitrogens is 4. The normalized spacial score (nSPS) is 11.5. The van der Waals surface area contributed by atoms with E-state index in [9.17, 15) is 0 Å². The third-order valence-corrected chi connectivity index (χ3v) is 5.74. The molecule has 0 bridgehead atoms. The average Bonchev–Trinajstić information content (AvgIpc) is 3.42. The maximum Gasteiger partial charge on any atom is 0.214 e. The number of benzene rings is 2. The van der Waals surface area contributed by atoms with Gasteiger partial charge in [-0.2, -0.15) is 10.1 Å². The number of aryl methyl sites for hydroxylation is 1. The molecule has 2 aromatic carbocycles. The van der Waals surface area contributed by atoms with E-state index in [1.165, 1.54) is 13.2 Å². The maximum atomic E-state index is 5.52. The van der Waals surface area contributed by atoms with Crippen LogP contribution in [-0.4, -0.2) is 66.4 Å². The fourth-order valence-corrected chi connectivity index (χ4v) is 3.75. The van der Waals surface area contributed by atoms with Crippen molar-refractivity contribution >= 4 is 34.1 Å². The SMILES string of the molecule is C=CC(=NC(C#CCN(c1cc(OC)cc(OC)c1)c1ccc2ncc(-c3cnn(C)c3)nc2c1)=NC)OC. The van der Waals surface area contributed by atoms with E-state index in [1.807, 2.05) is 54.5 Å². The molecule has 0 N–H and O–H groups in total. The zero-order chi connectivity index (χ0) is 27.8. The van der Waals surface area contributed by atoms with Gasteiger partial charge < -0.3 is 19.1 Å². The number of hydrogen-bond acceptors (Lipinski definition) is 8. The second kappa shape index (κ2) is 12.4. The van der Waals surface area contributed by atoms with E-state index < -0.39 is 0 Å². The molecule has 4 aromatic rings. The van der Waals surface area contributed by atoms with Crippen LogP contribution in [0.3, 0.4) is 0 Å². The van der Waals surface area contributed by atoms with E-state index in [-0.39, 0.29) is 0 Å². The first kappa shape index (κ1) is 26.9. The summed E-state index contributed by atoms with van der Waals surface area (Å²) in [6, 6.07) is 11.5. The van der Waals surface area contributed by atoms with Crippen LogP contribution in [0.15, 0.2) is 77.6 Å². The van der Waals surface area contributed by atoms with Crippen LogP contribution in [0.5, 0.6) is 11.5 Å². The predicted molar refractivity (Wildman–Crippen MR) is 154 cm³/mol. The van der Waals surface area contributed by atoms with Crippen molar-refractivity contribution in [3.8, 4) is 34.6 Å². The van der Waals surface area contributed by atoms with Gasteiger partial charge in [-0.05, 0) is 30.2 Å². The molecule has 0 aliphatic heterocycles. The maximum absolute atomic E-state index is 5.52. The lowest BCUT2D eigenvalue weighted by atomic mass is 10.2. The van der Waals surface area contributed by atoms with E-state index >= 15 is 0 Å². The zero-order valence-corrected chi connectivity index (χ0v) is 22.5. The summed E-state index contributed by atoms with van der Waals surface area (Å²) < 4.78 is 17.9. The Labute approximate surface area is 227 Å². The Balaban J connectivity index is 1.78. The first-order valence-electron chi connectivity index (χ1n) is 11.9. The Morgan fingerprint density at radius 1 is 1.05 bits per heavy atom. The van der Waals surface area contributed by atoms with Gasteiger partial charge >= 0.3 is 0 Å². The second-order valence-corrected chi connectivity index (χ2v) is 8.20.